The van der Waals surface area contributed by atoms with Crippen molar-refractivity contribution in [1.82, 2.24) is 9.55 Å². The van der Waals surface area contributed by atoms with Crippen LogP contribution in [0.5, 0.6) is 0 Å². The summed E-state index contributed by atoms with van der Waals surface area (Å²) in [6.45, 7) is 0.411. The van der Waals surface area contributed by atoms with Crippen LogP contribution in [-0.4, -0.2) is 32.3 Å². The van der Waals surface area contributed by atoms with Gasteiger partial charge in [0, 0.05) is 13.2 Å². The van der Waals surface area contributed by atoms with Crippen LogP contribution in [0.15, 0.2) is 23.0 Å². The third-order valence-electron chi connectivity index (χ3n) is 2.56. The molecule has 0 radical (unpaired) electrons. The summed E-state index contributed by atoms with van der Waals surface area (Å²) in [6, 6.07) is 4.47. The third-order valence-corrected chi connectivity index (χ3v) is 2.56. The molecule has 0 unspecified atom stereocenters. The van der Waals surface area contributed by atoms with Crippen molar-refractivity contribution >= 4 is 17.0 Å². The highest BCUT2D eigenvalue weighted by Gasteiger charge is 2.09. The molecule has 0 aliphatic carbocycles. The topological polar surface area (TPSA) is 95.3 Å². The number of aromatic nitrogens is 2. The number of aliphatic hydroxyl groups excluding tert-OH is 1. The molecule has 6 nitrogen and oxygen atoms in total. The van der Waals surface area contributed by atoms with Gasteiger partial charge in [0.25, 0.3) is 0 Å². The molecule has 0 atom stereocenters. The molecule has 0 spiro atoms. The molecule has 0 saturated carbocycles. The molecular formula is C11H12N2O4. The molecule has 90 valence electrons. The highest BCUT2D eigenvalue weighted by atomic mass is 16.4. The lowest BCUT2D eigenvalue weighted by Crippen LogP contribution is -2.17. The molecule has 0 fully saturated rings. The van der Waals surface area contributed by atoms with Crippen LogP contribution in [0.25, 0.3) is 11.0 Å². The number of aromatic carboxylic acids is 1. The molecule has 0 bridgehead atoms. The van der Waals surface area contributed by atoms with Gasteiger partial charge in [-0.15, -0.1) is 0 Å². The monoisotopic (exact) mass is 236 g/mol. The Bertz CT molecular complexity index is 611. The molecule has 1 heterocycles. The van der Waals surface area contributed by atoms with Gasteiger partial charge in [-0.25, -0.2) is 9.59 Å². The van der Waals surface area contributed by atoms with Crippen LogP contribution in [0.1, 0.15) is 16.8 Å². The molecule has 2 aromatic rings. The highest BCUT2D eigenvalue weighted by Crippen LogP contribution is 2.13. The smallest absolute Gasteiger partial charge is 0.335 e. The maximum atomic E-state index is 11.6. The van der Waals surface area contributed by atoms with Crippen LogP contribution in [0, 0.1) is 0 Å². The lowest BCUT2D eigenvalue weighted by Gasteiger charge is -2.01. The number of imidazole rings is 1. The Labute approximate surface area is 96.1 Å². The van der Waals surface area contributed by atoms with E-state index in [9.17, 15) is 9.59 Å². The fourth-order valence-electron chi connectivity index (χ4n) is 1.75. The van der Waals surface area contributed by atoms with Crippen LogP contribution in [0.3, 0.4) is 0 Å². The van der Waals surface area contributed by atoms with Gasteiger partial charge in [-0.2, -0.15) is 0 Å². The molecule has 0 aliphatic rings. The van der Waals surface area contributed by atoms with E-state index in [2.05, 4.69) is 4.98 Å². The quantitative estimate of drug-likeness (QED) is 0.716. The van der Waals surface area contributed by atoms with Gasteiger partial charge in [-0.1, -0.05) is 0 Å². The largest absolute Gasteiger partial charge is 0.478 e. The Kier molecular flexibility index (Phi) is 2.97. The second-order valence-corrected chi connectivity index (χ2v) is 3.70. The summed E-state index contributed by atoms with van der Waals surface area (Å²) in [6.07, 6.45) is 0.480. The predicted octanol–water partition coefficient (Wildman–Crippen LogP) is 0.410. The van der Waals surface area contributed by atoms with E-state index in [-0.39, 0.29) is 17.9 Å². The number of hydrogen-bond donors (Lipinski definition) is 3. The number of aryl methyl sites for hydroxylation is 1. The number of rotatable bonds is 4. The van der Waals surface area contributed by atoms with Gasteiger partial charge in [-0.3, -0.25) is 4.57 Å². The summed E-state index contributed by atoms with van der Waals surface area (Å²) in [5.41, 5.74) is 0.977. The van der Waals surface area contributed by atoms with Gasteiger partial charge in [-0.05, 0) is 24.6 Å². The Morgan fingerprint density at radius 3 is 2.82 bits per heavy atom. The van der Waals surface area contributed by atoms with Crippen molar-refractivity contribution < 1.29 is 15.0 Å². The normalized spacial score (nSPS) is 10.9. The van der Waals surface area contributed by atoms with Crippen molar-refractivity contribution in [3.8, 4) is 0 Å². The van der Waals surface area contributed by atoms with E-state index in [1.165, 1.54) is 16.7 Å². The van der Waals surface area contributed by atoms with E-state index in [1.54, 1.807) is 6.07 Å². The minimum absolute atomic E-state index is 0.00627. The summed E-state index contributed by atoms with van der Waals surface area (Å²) in [5.74, 6) is -1.03. The summed E-state index contributed by atoms with van der Waals surface area (Å²) in [7, 11) is 0. The van der Waals surface area contributed by atoms with E-state index >= 15 is 0 Å². The van der Waals surface area contributed by atoms with E-state index in [4.69, 9.17) is 10.2 Å². The van der Waals surface area contributed by atoms with E-state index in [0.29, 0.717) is 24.0 Å². The van der Waals surface area contributed by atoms with Crippen LogP contribution in [0.2, 0.25) is 0 Å². The Hall–Kier alpha value is -2.08. The number of nitrogens with zero attached hydrogens (tertiary/aromatic N) is 1. The van der Waals surface area contributed by atoms with Crippen molar-refractivity contribution in [3.05, 3.63) is 34.2 Å². The predicted molar refractivity (Wildman–Crippen MR) is 61.2 cm³/mol. The molecule has 3 N–H and O–H groups in total. The number of carbonyl (C=O) groups is 1. The first-order chi connectivity index (χ1) is 8.13. The van der Waals surface area contributed by atoms with Crippen molar-refractivity contribution in [2.75, 3.05) is 6.61 Å². The Morgan fingerprint density at radius 2 is 2.18 bits per heavy atom. The average molecular weight is 236 g/mol. The fourth-order valence-corrected chi connectivity index (χ4v) is 1.75. The zero-order valence-corrected chi connectivity index (χ0v) is 9.01. The molecule has 17 heavy (non-hydrogen) atoms. The SMILES string of the molecule is O=C(O)c1ccc2c(c1)[nH]c(=O)n2CCCO. The van der Waals surface area contributed by atoms with Gasteiger partial charge in [0.1, 0.15) is 0 Å². The van der Waals surface area contributed by atoms with E-state index < -0.39 is 5.97 Å². The van der Waals surface area contributed by atoms with E-state index in [1.807, 2.05) is 0 Å². The van der Waals surface area contributed by atoms with Gasteiger partial charge in [0.05, 0.1) is 16.6 Å². The fraction of sp³-hybridized carbons (Fsp3) is 0.273. The van der Waals surface area contributed by atoms with Gasteiger partial charge < -0.3 is 15.2 Å². The summed E-state index contributed by atoms with van der Waals surface area (Å²) >= 11 is 0. The Balaban J connectivity index is 2.52. The maximum absolute atomic E-state index is 11.6. The standard InChI is InChI=1S/C11H12N2O4/c14-5-1-4-13-9-3-2-7(10(15)16)6-8(9)12-11(13)17/h2-3,6,14H,1,4-5H2,(H,12,17)(H,15,16). The van der Waals surface area contributed by atoms with Crippen LogP contribution in [-0.2, 0) is 6.54 Å². The van der Waals surface area contributed by atoms with Crippen molar-refractivity contribution in [1.29, 1.82) is 0 Å². The number of benzene rings is 1. The number of aromatic amines is 1. The molecule has 1 aromatic carbocycles. The van der Waals surface area contributed by atoms with Crippen LogP contribution in [0.4, 0.5) is 0 Å². The lowest BCUT2D eigenvalue weighted by molar-refractivity contribution is 0.0697. The molecule has 1 aromatic heterocycles. The van der Waals surface area contributed by atoms with Crippen molar-refractivity contribution in [2.45, 2.75) is 13.0 Å². The summed E-state index contributed by atoms with van der Waals surface area (Å²) < 4.78 is 1.48. The first-order valence-corrected chi connectivity index (χ1v) is 5.20. The highest BCUT2D eigenvalue weighted by molar-refractivity contribution is 5.92. The molecule has 6 heteroatoms. The van der Waals surface area contributed by atoms with E-state index in [0.717, 1.165) is 0 Å². The molecular weight excluding hydrogens is 224 g/mol. The summed E-state index contributed by atoms with van der Waals surface area (Å²) in [4.78, 5) is 25.0. The maximum Gasteiger partial charge on any atom is 0.335 e. The minimum atomic E-state index is -1.03. The van der Waals surface area contributed by atoms with Crippen molar-refractivity contribution in [2.24, 2.45) is 0 Å². The second kappa shape index (κ2) is 4.42. The first-order valence-electron chi connectivity index (χ1n) is 5.20. The number of aliphatic hydroxyl groups is 1. The zero-order valence-electron chi connectivity index (χ0n) is 9.01. The second-order valence-electron chi connectivity index (χ2n) is 3.70. The number of fused-ring (bicyclic) bond motifs is 1. The van der Waals surface area contributed by atoms with Gasteiger partial charge in [0.2, 0.25) is 0 Å². The number of hydrogen-bond acceptors (Lipinski definition) is 3. The minimum Gasteiger partial charge on any atom is -0.478 e. The average Bonchev–Trinajstić information content (AvgIpc) is 2.61. The van der Waals surface area contributed by atoms with Crippen molar-refractivity contribution in [3.63, 3.8) is 0 Å². The lowest BCUT2D eigenvalue weighted by atomic mass is 10.2. The number of H-pyrrole nitrogens is 1. The molecule has 0 amide bonds. The zero-order chi connectivity index (χ0) is 12.4. The molecule has 2 rings (SSSR count). The van der Waals surface area contributed by atoms with Crippen LogP contribution >= 0.6 is 0 Å². The number of carboxylic acid groups (broad SMARTS) is 1. The molecule has 0 saturated heterocycles. The Morgan fingerprint density at radius 1 is 1.41 bits per heavy atom. The van der Waals surface area contributed by atoms with Crippen LogP contribution < -0.4 is 5.69 Å². The molecule has 0 aliphatic heterocycles. The number of carboxylic acids is 1. The van der Waals surface area contributed by atoms with Gasteiger partial charge in [0.15, 0.2) is 0 Å². The number of nitrogens with one attached hydrogen (secondary N) is 1. The van der Waals surface area contributed by atoms with Gasteiger partial charge >= 0.3 is 11.7 Å². The first kappa shape index (κ1) is 11.4. The third kappa shape index (κ3) is 2.07. The summed E-state index contributed by atoms with van der Waals surface area (Å²) in [5, 5.41) is 17.6.